The van der Waals surface area contributed by atoms with Gasteiger partial charge in [-0.05, 0) is 42.8 Å². The Balaban J connectivity index is 1.63. The number of aromatic nitrogens is 2. The van der Waals surface area contributed by atoms with Crippen LogP contribution in [0.2, 0.25) is 0 Å². The highest BCUT2D eigenvalue weighted by molar-refractivity contribution is 7.89. The third-order valence-electron chi connectivity index (χ3n) is 4.70. The average Bonchev–Trinajstić information content (AvgIpc) is 2.87. The fraction of sp³-hybridized carbons (Fsp3) is 0.136. The maximum atomic E-state index is 12.2. The zero-order valence-corrected chi connectivity index (χ0v) is 17.5. The van der Waals surface area contributed by atoms with Crippen LogP contribution in [-0.4, -0.2) is 30.8 Å². The molecule has 0 unspecified atom stereocenters. The molecular weight excluding hydrogens is 414 g/mol. The summed E-state index contributed by atoms with van der Waals surface area (Å²) in [6.07, 6.45) is 6.91. The molecule has 0 bridgehead atoms. The van der Waals surface area contributed by atoms with E-state index in [2.05, 4.69) is 31.2 Å². The van der Waals surface area contributed by atoms with Crippen molar-refractivity contribution in [3.63, 3.8) is 0 Å². The molecule has 0 spiro atoms. The van der Waals surface area contributed by atoms with Crippen LogP contribution in [0.5, 0.6) is 0 Å². The maximum Gasteiger partial charge on any atom is 0.241 e. The molecule has 4 rings (SSSR count). The van der Waals surface area contributed by atoms with Crippen LogP contribution in [0.25, 0.3) is 11.3 Å². The number of terminal acetylenes is 1. The molecule has 0 saturated carbocycles. The molecule has 0 saturated heterocycles. The summed E-state index contributed by atoms with van der Waals surface area (Å²) in [6.45, 7) is 1.88. The number of benzene rings is 2. The number of anilines is 3. The van der Waals surface area contributed by atoms with Crippen molar-refractivity contribution in [2.45, 2.75) is 18.2 Å². The Labute approximate surface area is 180 Å². The molecule has 3 aromatic rings. The zero-order valence-electron chi connectivity index (χ0n) is 16.6. The molecular formula is C22H19N5O3S. The van der Waals surface area contributed by atoms with Crippen LogP contribution in [0.3, 0.4) is 0 Å². The third-order valence-corrected chi connectivity index (χ3v) is 6.12. The maximum absolute atomic E-state index is 12.2. The lowest BCUT2D eigenvalue weighted by Crippen LogP contribution is -2.23. The van der Waals surface area contributed by atoms with Crippen molar-refractivity contribution < 1.29 is 13.2 Å². The van der Waals surface area contributed by atoms with Crippen LogP contribution >= 0.6 is 0 Å². The molecule has 0 aliphatic carbocycles. The van der Waals surface area contributed by atoms with Crippen LogP contribution in [0.15, 0.2) is 53.6 Å². The fourth-order valence-corrected chi connectivity index (χ4v) is 4.17. The zero-order chi connectivity index (χ0) is 22.0. The van der Waals surface area contributed by atoms with Gasteiger partial charge >= 0.3 is 0 Å². The monoisotopic (exact) mass is 433 g/mol. The first-order valence-electron chi connectivity index (χ1n) is 9.43. The van der Waals surface area contributed by atoms with Gasteiger partial charge in [-0.25, -0.2) is 18.4 Å². The predicted octanol–water partition coefficient (Wildman–Crippen LogP) is 2.60. The van der Waals surface area contributed by atoms with Crippen molar-refractivity contribution >= 4 is 33.3 Å². The SMILES string of the molecule is C#CCNS(=O)(=O)c1ccc(Nc2ncc3c(n2)-c2ccc(C)cc2NC(=O)C3)cc1. The van der Waals surface area contributed by atoms with Gasteiger partial charge in [-0.1, -0.05) is 18.1 Å². The molecule has 2 aromatic carbocycles. The summed E-state index contributed by atoms with van der Waals surface area (Å²) in [5.74, 6) is 2.45. The van der Waals surface area contributed by atoms with E-state index in [0.717, 1.165) is 16.7 Å². The molecule has 156 valence electrons. The van der Waals surface area contributed by atoms with Crippen molar-refractivity contribution in [3.8, 4) is 23.6 Å². The number of aryl methyl sites for hydroxylation is 1. The van der Waals surface area contributed by atoms with Gasteiger partial charge in [0.05, 0.1) is 29.2 Å². The van der Waals surface area contributed by atoms with Gasteiger partial charge in [0.2, 0.25) is 21.9 Å². The highest BCUT2D eigenvalue weighted by Crippen LogP contribution is 2.33. The van der Waals surface area contributed by atoms with E-state index in [-0.39, 0.29) is 23.8 Å². The summed E-state index contributed by atoms with van der Waals surface area (Å²) in [4.78, 5) is 21.3. The van der Waals surface area contributed by atoms with Gasteiger partial charge in [-0.15, -0.1) is 6.42 Å². The number of carbonyl (C=O) groups excluding carboxylic acids is 1. The lowest BCUT2D eigenvalue weighted by Gasteiger charge is -2.11. The Bertz CT molecular complexity index is 1310. The Hall–Kier alpha value is -3.74. The number of fused-ring (bicyclic) bond motifs is 3. The molecule has 0 atom stereocenters. The number of amides is 1. The van der Waals surface area contributed by atoms with E-state index >= 15 is 0 Å². The van der Waals surface area contributed by atoms with Crippen molar-refractivity contribution in [1.82, 2.24) is 14.7 Å². The molecule has 3 N–H and O–H groups in total. The highest BCUT2D eigenvalue weighted by Gasteiger charge is 2.21. The topological polar surface area (TPSA) is 113 Å². The Morgan fingerprint density at radius 2 is 1.97 bits per heavy atom. The summed E-state index contributed by atoms with van der Waals surface area (Å²) >= 11 is 0. The van der Waals surface area contributed by atoms with E-state index < -0.39 is 10.0 Å². The van der Waals surface area contributed by atoms with Gasteiger partial charge in [0.1, 0.15) is 0 Å². The molecule has 31 heavy (non-hydrogen) atoms. The number of nitrogens with one attached hydrogen (secondary N) is 3. The van der Waals surface area contributed by atoms with E-state index in [0.29, 0.717) is 23.0 Å². The second-order valence-corrected chi connectivity index (χ2v) is 8.79. The van der Waals surface area contributed by atoms with Crippen molar-refractivity contribution in [2.24, 2.45) is 0 Å². The van der Waals surface area contributed by atoms with E-state index in [1.165, 1.54) is 12.1 Å². The van der Waals surface area contributed by atoms with E-state index in [1.807, 2.05) is 25.1 Å². The molecule has 1 aliphatic heterocycles. The van der Waals surface area contributed by atoms with Crippen molar-refractivity contribution in [1.29, 1.82) is 0 Å². The smallest absolute Gasteiger partial charge is 0.241 e. The summed E-state index contributed by atoms with van der Waals surface area (Å²) in [5, 5.41) is 5.99. The molecule has 1 amide bonds. The number of hydrogen-bond acceptors (Lipinski definition) is 6. The summed E-state index contributed by atoms with van der Waals surface area (Å²) in [7, 11) is -3.66. The number of sulfonamides is 1. The normalized spacial score (nSPS) is 12.7. The number of carbonyl (C=O) groups is 1. The molecule has 0 radical (unpaired) electrons. The van der Waals surface area contributed by atoms with Crippen LogP contribution in [0.1, 0.15) is 11.1 Å². The second kappa shape index (κ2) is 8.18. The minimum Gasteiger partial charge on any atom is -0.325 e. The first-order valence-corrected chi connectivity index (χ1v) is 10.9. The lowest BCUT2D eigenvalue weighted by molar-refractivity contribution is -0.115. The number of hydrogen-bond donors (Lipinski definition) is 3. The molecule has 0 fully saturated rings. The summed E-state index contributed by atoms with van der Waals surface area (Å²) < 4.78 is 26.6. The Kier molecular flexibility index (Phi) is 5.42. The van der Waals surface area contributed by atoms with Crippen LogP contribution in [-0.2, 0) is 21.2 Å². The molecule has 1 aromatic heterocycles. The average molecular weight is 433 g/mol. The first kappa shape index (κ1) is 20.5. The van der Waals surface area contributed by atoms with Crippen molar-refractivity contribution in [3.05, 3.63) is 59.8 Å². The van der Waals surface area contributed by atoms with Gasteiger partial charge in [0.25, 0.3) is 0 Å². The summed E-state index contributed by atoms with van der Waals surface area (Å²) in [6, 6.07) is 11.9. The van der Waals surface area contributed by atoms with Crippen molar-refractivity contribution in [2.75, 3.05) is 17.2 Å². The minimum absolute atomic E-state index is 0.0797. The molecule has 1 aliphatic rings. The van der Waals surface area contributed by atoms with Gasteiger partial charge in [0.15, 0.2) is 0 Å². The van der Waals surface area contributed by atoms with Gasteiger partial charge in [-0.2, -0.15) is 4.72 Å². The highest BCUT2D eigenvalue weighted by atomic mass is 32.2. The molecule has 9 heteroatoms. The van der Waals surface area contributed by atoms with E-state index in [4.69, 9.17) is 6.42 Å². The predicted molar refractivity (Wildman–Crippen MR) is 118 cm³/mol. The second-order valence-electron chi connectivity index (χ2n) is 7.02. The molecule has 2 heterocycles. The number of rotatable bonds is 5. The van der Waals surface area contributed by atoms with Gasteiger partial charge in [-0.3, -0.25) is 4.79 Å². The van der Waals surface area contributed by atoms with Crippen LogP contribution < -0.4 is 15.4 Å². The Morgan fingerprint density at radius 1 is 1.19 bits per heavy atom. The van der Waals surface area contributed by atoms with E-state index in [1.54, 1.807) is 18.3 Å². The third kappa shape index (κ3) is 4.40. The summed E-state index contributed by atoms with van der Waals surface area (Å²) in [5.41, 5.74) is 4.57. The molecule has 8 nitrogen and oxygen atoms in total. The lowest BCUT2D eigenvalue weighted by atomic mass is 10.0. The largest absolute Gasteiger partial charge is 0.325 e. The van der Waals surface area contributed by atoms with Crippen LogP contribution in [0.4, 0.5) is 17.3 Å². The quantitative estimate of drug-likeness (QED) is 0.533. The van der Waals surface area contributed by atoms with Crippen LogP contribution in [0, 0.1) is 19.3 Å². The fourth-order valence-electron chi connectivity index (χ4n) is 3.23. The van der Waals surface area contributed by atoms with Gasteiger partial charge < -0.3 is 10.6 Å². The Morgan fingerprint density at radius 3 is 2.71 bits per heavy atom. The van der Waals surface area contributed by atoms with Gasteiger partial charge in [0, 0.05) is 23.0 Å². The standard InChI is InChI=1S/C22H19N5O3S/c1-3-10-24-31(29,30)17-7-5-16(6-8-17)25-22-23-13-15-12-20(28)26-19-11-14(2)4-9-18(19)21(15)27-22/h1,4-9,11,13,24H,10,12H2,2H3,(H,26,28)(H,23,25,27). The number of nitrogens with zero attached hydrogens (tertiary/aromatic N) is 2. The minimum atomic E-state index is -3.66. The van der Waals surface area contributed by atoms with E-state index in [9.17, 15) is 13.2 Å². The first-order chi connectivity index (χ1) is 14.9.